The molecule has 1 aliphatic heterocycles. The van der Waals surface area contributed by atoms with Gasteiger partial charge in [-0.25, -0.2) is 28.6 Å². The van der Waals surface area contributed by atoms with E-state index in [1.165, 1.54) is 23.4 Å². The number of imidazole rings is 2. The van der Waals surface area contributed by atoms with Crippen LogP contribution >= 0.6 is 23.5 Å². The number of fused-ring (bicyclic) bond motifs is 3. The zero-order valence-corrected chi connectivity index (χ0v) is 18.6. The van der Waals surface area contributed by atoms with Crippen LogP contribution in [0.3, 0.4) is 0 Å². The first-order chi connectivity index (χ1) is 15.3. The summed E-state index contributed by atoms with van der Waals surface area (Å²) < 4.78 is 53.9. The smallest absolute Gasteiger partial charge is 0.387 e. The van der Waals surface area contributed by atoms with Crippen molar-refractivity contribution in [2.45, 2.75) is 24.5 Å². The Morgan fingerprint density at radius 3 is 2.36 bits per heavy atom. The summed E-state index contributed by atoms with van der Waals surface area (Å²) in [6.07, 6.45) is -0.0505. The summed E-state index contributed by atoms with van der Waals surface area (Å²) in [4.78, 5) is 48.3. The van der Waals surface area contributed by atoms with E-state index in [-0.39, 0.29) is 5.65 Å². The molecule has 0 aliphatic carbocycles. The van der Waals surface area contributed by atoms with Crippen LogP contribution in [0.15, 0.2) is 25.0 Å². The van der Waals surface area contributed by atoms with Crippen LogP contribution in [-0.4, -0.2) is 78.6 Å². The van der Waals surface area contributed by atoms with Crippen molar-refractivity contribution in [2.75, 3.05) is 6.61 Å². The first-order valence-electron chi connectivity index (χ1n) is 8.70. The van der Waals surface area contributed by atoms with Crippen molar-refractivity contribution >= 4 is 40.3 Å². The molecule has 0 saturated carbocycles. The molecule has 6 atom stereocenters. The minimum atomic E-state index is -5.70. The summed E-state index contributed by atoms with van der Waals surface area (Å²) in [7, 11) is -16.7. The van der Waals surface area contributed by atoms with Crippen molar-refractivity contribution in [1.82, 2.24) is 23.9 Å². The van der Waals surface area contributed by atoms with Gasteiger partial charge in [0.2, 0.25) is 0 Å². The van der Waals surface area contributed by atoms with Crippen molar-refractivity contribution in [3.8, 4) is 0 Å². The maximum Gasteiger partial charge on any atom is 0.490 e. The highest BCUT2D eigenvalue weighted by Crippen LogP contribution is 2.66. The van der Waals surface area contributed by atoms with Gasteiger partial charge in [0.15, 0.2) is 23.0 Å². The molecule has 18 nitrogen and oxygen atoms in total. The van der Waals surface area contributed by atoms with Crippen LogP contribution < -0.4 is 0 Å². The van der Waals surface area contributed by atoms with Crippen LogP contribution in [0.4, 0.5) is 0 Å². The lowest BCUT2D eigenvalue weighted by Gasteiger charge is -2.19. The molecular weight excluding hydrogens is 515 g/mol. The van der Waals surface area contributed by atoms with E-state index < -0.39 is 54.6 Å². The molecule has 1 saturated heterocycles. The standard InChI is InChI=1S/C12H16N5O13P3/c18-8-6(3-27-32(23,24)30-33(25,26)29-31(20,21)22)28-12(9(8)19)17-5-14-7-10-13-1-2-16(10)4-15-11(7)17/h1-2,4-6,8-9,12,18-19H,3H2,(H,23,24)(H,25,26)(H2,20,21,22). The van der Waals surface area contributed by atoms with Gasteiger partial charge >= 0.3 is 23.5 Å². The second kappa shape index (κ2) is 8.55. The molecule has 0 spiro atoms. The Kier molecular flexibility index (Phi) is 6.35. The fourth-order valence-corrected chi connectivity index (χ4v) is 6.13. The maximum atomic E-state index is 11.9. The second-order valence-electron chi connectivity index (χ2n) is 6.66. The summed E-state index contributed by atoms with van der Waals surface area (Å²) in [5.41, 5.74) is 1.08. The van der Waals surface area contributed by atoms with Gasteiger partial charge in [-0.05, 0) is 0 Å². The second-order valence-corrected chi connectivity index (χ2v) is 11.1. The highest BCUT2D eigenvalue weighted by Gasteiger charge is 2.47. The molecular formula is C12H16N5O13P3. The van der Waals surface area contributed by atoms with Crippen molar-refractivity contribution in [3.63, 3.8) is 0 Å². The quantitative estimate of drug-likeness (QED) is 0.191. The third kappa shape index (κ3) is 5.23. The van der Waals surface area contributed by atoms with Crippen LogP contribution in [0.1, 0.15) is 6.23 Å². The molecule has 21 heteroatoms. The van der Waals surface area contributed by atoms with E-state index in [4.69, 9.17) is 19.4 Å². The fourth-order valence-electron chi connectivity index (χ4n) is 3.10. The lowest BCUT2D eigenvalue weighted by atomic mass is 10.1. The molecule has 0 bridgehead atoms. The van der Waals surface area contributed by atoms with Gasteiger partial charge in [-0.2, -0.15) is 8.62 Å². The van der Waals surface area contributed by atoms with E-state index in [9.17, 15) is 28.8 Å². The van der Waals surface area contributed by atoms with Crippen molar-refractivity contribution in [3.05, 3.63) is 25.0 Å². The molecule has 0 aromatic carbocycles. The number of hydrogen-bond acceptors (Lipinski definition) is 12. The maximum absolute atomic E-state index is 11.9. The number of nitrogens with zero attached hydrogens (tertiary/aromatic N) is 5. The van der Waals surface area contributed by atoms with E-state index in [1.54, 1.807) is 10.6 Å². The minimum Gasteiger partial charge on any atom is -0.387 e. The molecule has 3 aromatic heterocycles. The number of rotatable bonds is 8. The minimum absolute atomic E-state index is 0.249. The number of aromatic nitrogens is 5. The van der Waals surface area contributed by atoms with Crippen molar-refractivity contribution in [2.24, 2.45) is 0 Å². The Bertz CT molecular complexity index is 1320. The number of hydrogen-bond donors (Lipinski definition) is 6. The lowest BCUT2D eigenvalue weighted by Crippen LogP contribution is -2.33. The van der Waals surface area contributed by atoms with E-state index in [0.717, 1.165) is 0 Å². The van der Waals surface area contributed by atoms with E-state index in [0.29, 0.717) is 11.2 Å². The lowest BCUT2D eigenvalue weighted by molar-refractivity contribution is -0.0503. The first kappa shape index (κ1) is 24.5. The third-order valence-electron chi connectivity index (χ3n) is 4.38. The molecule has 0 radical (unpaired) electrons. The Balaban J connectivity index is 1.47. The molecule has 4 rings (SSSR count). The van der Waals surface area contributed by atoms with Gasteiger partial charge in [-0.1, -0.05) is 0 Å². The van der Waals surface area contributed by atoms with E-state index >= 15 is 0 Å². The van der Waals surface area contributed by atoms with E-state index in [2.05, 4.69) is 28.1 Å². The summed E-state index contributed by atoms with van der Waals surface area (Å²) in [6, 6.07) is 0. The average Bonchev–Trinajstić information content (AvgIpc) is 3.35. The van der Waals surface area contributed by atoms with Gasteiger partial charge in [0.1, 0.15) is 24.6 Å². The number of phosphoric acid groups is 3. The zero-order valence-electron chi connectivity index (χ0n) is 15.9. The number of aliphatic hydroxyl groups is 2. The molecule has 1 aliphatic rings. The van der Waals surface area contributed by atoms with Gasteiger partial charge in [0, 0.05) is 12.4 Å². The molecule has 182 valence electrons. The molecule has 4 heterocycles. The highest BCUT2D eigenvalue weighted by atomic mass is 31.3. The summed E-state index contributed by atoms with van der Waals surface area (Å²) in [5, 5.41) is 20.6. The number of aliphatic hydroxyl groups excluding tert-OH is 2. The Morgan fingerprint density at radius 1 is 0.939 bits per heavy atom. The third-order valence-corrected chi connectivity index (χ3v) is 8.18. The molecule has 6 N–H and O–H groups in total. The van der Waals surface area contributed by atoms with Crippen LogP contribution in [0.2, 0.25) is 0 Å². The predicted molar refractivity (Wildman–Crippen MR) is 102 cm³/mol. The molecule has 3 aromatic rings. The van der Waals surface area contributed by atoms with Crippen molar-refractivity contribution in [1.29, 1.82) is 0 Å². The summed E-state index contributed by atoms with van der Waals surface area (Å²) in [6.45, 7) is -0.941. The number of ether oxygens (including phenoxy) is 1. The highest BCUT2D eigenvalue weighted by molar-refractivity contribution is 7.66. The topological polar surface area (TPSA) is 258 Å². The molecule has 33 heavy (non-hydrogen) atoms. The normalized spacial score (nSPS) is 27.7. The Morgan fingerprint density at radius 2 is 1.67 bits per heavy atom. The monoisotopic (exact) mass is 531 g/mol. The molecule has 1 fully saturated rings. The van der Waals surface area contributed by atoms with Gasteiger partial charge in [-0.15, -0.1) is 0 Å². The van der Waals surface area contributed by atoms with Crippen LogP contribution in [-0.2, 0) is 31.6 Å². The van der Waals surface area contributed by atoms with Gasteiger partial charge in [0.05, 0.1) is 12.9 Å². The fraction of sp³-hybridized carbons (Fsp3) is 0.417. The number of phosphoric ester groups is 1. The van der Waals surface area contributed by atoms with Gasteiger partial charge in [0.25, 0.3) is 0 Å². The van der Waals surface area contributed by atoms with E-state index in [1.807, 2.05) is 0 Å². The Labute approximate surface area is 182 Å². The van der Waals surface area contributed by atoms with Crippen LogP contribution in [0.5, 0.6) is 0 Å². The first-order valence-corrected chi connectivity index (χ1v) is 13.2. The molecule has 6 unspecified atom stereocenters. The zero-order chi connectivity index (χ0) is 24.2. The summed E-state index contributed by atoms with van der Waals surface area (Å²) >= 11 is 0. The predicted octanol–water partition coefficient (Wildman–Crippen LogP) is -0.959. The van der Waals surface area contributed by atoms with Crippen LogP contribution in [0, 0.1) is 0 Å². The van der Waals surface area contributed by atoms with Crippen molar-refractivity contribution < 1.29 is 61.4 Å². The van der Waals surface area contributed by atoms with Crippen LogP contribution in [0.25, 0.3) is 16.8 Å². The Hall–Kier alpha value is -1.62. The summed E-state index contributed by atoms with van der Waals surface area (Å²) in [5.74, 6) is 0. The van der Waals surface area contributed by atoms with Gasteiger partial charge in [-0.3, -0.25) is 13.5 Å². The largest absolute Gasteiger partial charge is 0.490 e. The van der Waals surface area contributed by atoms with Gasteiger partial charge < -0.3 is 34.5 Å². The average molecular weight is 531 g/mol. The molecule has 0 amide bonds. The SMILES string of the molecule is O=P(O)(O)OP(=O)(O)OP(=O)(O)OCC1OC(n2cnc3c2ncn2ccnc32)C(O)C1O.